The van der Waals surface area contributed by atoms with E-state index in [2.05, 4.69) is 22.6 Å². The number of rotatable bonds is 6. The fourth-order valence-corrected chi connectivity index (χ4v) is 5.39. The highest BCUT2D eigenvalue weighted by Crippen LogP contribution is 2.36. The summed E-state index contributed by atoms with van der Waals surface area (Å²) >= 11 is 2.12. The topological polar surface area (TPSA) is 77.2 Å². The van der Waals surface area contributed by atoms with Crippen molar-refractivity contribution in [1.82, 2.24) is 0 Å². The van der Waals surface area contributed by atoms with Gasteiger partial charge >= 0.3 is 0 Å². The highest BCUT2D eigenvalue weighted by atomic mass is 127. The lowest BCUT2D eigenvalue weighted by atomic mass is 10.00. The lowest BCUT2D eigenvalue weighted by molar-refractivity contribution is -0.121. The molecule has 0 bridgehead atoms. The van der Waals surface area contributed by atoms with E-state index in [1.54, 1.807) is 37.3 Å². The van der Waals surface area contributed by atoms with E-state index in [0.717, 1.165) is 9.13 Å². The fourth-order valence-electron chi connectivity index (χ4n) is 2.49. The third-order valence-electron chi connectivity index (χ3n) is 4.03. The van der Waals surface area contributed by atoms with Crippen molar-refractivity contribution in [2.24, 2.45) is 11.7 Å². The average Bonchev–Trinajstić information content (AvgIpc) is 2.53. The summed E-state index contributed by atoms with van der Waals surface area (Å²) < 4.78 is 27.3. The van der Waals surface area contributed by atoms with E-state index in [-0.39, 0.29) is 11.3 Å². The van der Waals surface area contributed by atoms with Crippen LogP contribution in [0.5, 0.6) is 0 Å². The Kier molecular flexibility index (Phi) is 6.03. The molecular weight excluding hydrogens is 437 g/mol. The number of hydrogen-bond donors (Lipinski definition) is 1. The molecule has 1 amide bonds. The third-order valence-corrected chi connectivity index (χ3v) is 7.14. The van der Waals surface area contributed by atoms with E-state index in [4.69, 9.17) is 5.73 Å². The number of sulfone groups is 1. The lowest BCUT2D eigenvalue weighted by Gasteiger charge is -2.22. The van der Waals surface area contributed by atoms with Crippen LogP contribution in [0.1, 0.15) is 29.7 Å². The largest absolute Gasteiger partial charge is 0.369 e. The van der Waals surface area contributed by atoms with Crippen LogP contribution < -0.4 is 5.73 Å². The van der Waals surface area contributed by atoms with Gasteiger partial charge in [0.1, 0.15) is 0 Å². The molecule has 0 heterocycles. The quantitative estimate of drug-likeness (QED) is 0.674. The number of primary amides is 1. The van der Waals surface area contributed by atoms with Crippen LogP contribution >= 0.6 is 22.6 Å². The van der Waals surface area contributed by atoms with Crippen molar-refractivity contribution in [2.45, 2.75) is 30.4 Å². The minimum absolute atomic E-state index is 0.158. The van der Waals surface area contributed by atoms with E-state index in [0.29, 0.717) is 5.56 Å². The van der Waals surface area contributed by atoms with E-state index < -0.39 is 26.9 Å². The van der Waals surface area contributed by atoms with Crippen LogP contribution in [-0.2, 0) is 14.6 Å². The van der Waals surface area contributed by atoms with Gasteiger partial charge in [-0.3, -0.25) is 4.79 Å². The van der Waals surface area contributed by atoms with E-state index in [9.17, 15) is 13.2 Å². The van der Waals surface area contributed by atoms with Gasteiger partial charge in [0.05, 0.1) is 10.1 Å². The molecule has 0 radical (unpaired) electrons. The molecule has 0 aliphatic carbocycles. The summed E-state index contributed by atoms with van der Waals surface area (Å²) in [6.45, 7) is 3.57. The molecule has 2 aromatic carbocycles. The SMILES string of the molecule is Cc1ccc(S(=O)(=O)C(CC(C)C(N)=O)c2ccccc2I)cc1. The van der Waals surface area contributed by atoms with Crippen molar-refractivity contribution in [3.8, 4) is 0 Å². The van der Waals surface area contributed by atoms with Crippen molar-refractivity contribution in [2.75, 3.05) is 0 Å². The van der Waals surface area contributed by atoms with Crippen molar-refractivity contribution in [3.63, 3.8) is 0 Å². The first-order chi connectivity index (χ1) is 11.2. The third kappa shape index (κ3) is 4.16. The molecule has 2 aromatic rings. The van der Waals surface area contributed by atoms with Crippen molar-refractivity contribution in [1.29, 1.82) is 0 Å². The molecule has 0 saturated carbocycles. The molecule has 0 spiro atoms. The Bertz CT molecular complexity index is 832. The van der Waals surface area contributed by atoms with Crippen LogP contribution in [0.2, 0.25) is 0 Å². The second kappa shape index (κ2) is 7.65. The first-order valence-electron chi connectivity index (χ1n) is 7.57. The van der Waals surface area contributed by atoms with Gasteiger partial charge in [0.2, 0.25) is 5.91 Å². The zero-order valence-electron chi connectivity index (χ0n) is 13.6. The zero-order valence-corrected chi connectivity index (χ0v) is 16.5. The van der Waals surface area contributed by atoms with Crippen LogP contribution in [-0.4, -0.2) is 14.3 Å². The summed E-state index contributed by atoms with van der Waals surface area (Å²) in [4.78, 5) is 11.7. The Morgan fingerprint density at radius 3 is 2.25 bits per heavy atom. The van der Waals surface area contributed by atoms with Gasteiger partial charge in [0.25, 0.3) is 0 Å². The summed E-state index contributed by atoms with van der Waals surface area (Å²) in [6.07, 6.45) is 0.158. The first kappa shape index (κ1) is 18.9. The Hall–Kier alpha value is -1.41. The van der Waals surface area contributed by atoms with Gasteiger partial charge in [-0.2, -0.15) is 0 Å². The van der Waals surface area contributed by atoms with Gasteiger partial charge in [0, 0.05) is 9.49 Å². The fraction of sp³-hybridized carbons (Fsp3) is 0.278. The van der Waals surface area contributed by atoms with Gasteiger partial charge in [-0.15, -0.1) is 0 Å². The Morgan fingerprint density at radius 2 is 1.71 bits per heavy atom. The minimum atomic E-state index is -3.63. The van der Waals surface area contributed by atoms with Crippen LogP contribution in [0.4, 0.5) is 0 Å². The molecule has 0 aromatic heterocycles. The Labute approximate surface area is 156 Å². The predicted molar refractivity (Wildman–Crippen MR) is 103 cm³/mol. The number of aryl methyl sites for hydroxylation is 1. The monoisotopic (exact) mass is 457 g/mol. The first-order valence-corrected chi connectivity index (χ1v) is 10.2. The molecule has 128 valence electrons. The van der Waals surface area contributed by atoms with E-state index in [1.165, 1.54) is 0 Å². The zero-order chi connectivity index (χ0) is 17.9. The number of carbonyl (C=O) groups is 1. The maximum atomic E-state index is 13.2. The van der Waals surface area contributed by atoms with E-state index >= 15 is 0 Å². The van der Waals surface area contributed by atoms with Crippen LogP contribution in [0.25, 0.3) is 0 Å². The van der Waals surface area contributed by atoms with Gasteiger partial charge < -0.3 is 5.73 Å². The van der Waals surface area contributed by atoms with Gasteiger partial charge in [-0.05, 0) is 59.7 Å². The number of carbonyl (C=O) groups excluding carboxylic acids is 1. The van der Waals surface area contributed by atoms with Crippen LogP contribution in [0, 0.1) is 16.4 Å². The second-order valence-electron chi connectivity index (χ2n) is 5.91. The number of amides is 1. The molecule has 4 nitrogen and oxygen atoms in total. The van der Waals surface area contributed by atoms with E-state index in [1.807, 2.05) is 25.1 Å². The molecule has 24 heavy (non-hydrogen) atoms. The van der Waals surface area contributed by atoms with Crippen LogP contribution in [0.3, 0.4) is 0 Å². The van der Waals surface area contributed by atoms with Crippen molar-refractivity contribution in [3.05, 3.63) is 63.2 Å². The lowest BCUT2D eigenvalue weighted by Crippen LogP contribution is -2.25. The summed E-state index contributed by atoms with van der Waals surface area (Å²) in [5.41, 5.74) is 7.06. The summed E-state index contributed by atoms with van der Waals surface area (Å²) in [6, 6.07) is 14.1. The summed E-state index contributed by atoms with van der Waals surface area (Å²) in [5.74, 6) is -1.03. The van der Waals surface area contributed by atoms with Crippen molar-refractivity contribution < 1.29 is 13.2 Å². The van der Waals surface area contributed by atoms with Gasteiger partial charge in [-0.1, -0.05) is 42.8 Å². The molecule has 2 N–H and O–H groups in total. The Balaban J connectivity index is 2.54. The van der Waals surface area contributed by atoms with Crippen LogP contribution in [0.15, 0.2) is 53.4 Å². The molecule has 0 saturated heterocycles. The minimum Gasteiger partial charge on any atom is -0.369 e. The summed E-state index contributed by atoms with van der Waals surface area (Å²) in [5, 5.41) is -0.809. The number of halogens is 1. The second-order valence-corrected chi connectivity index (χ2v) is 9.20. The number of benzene rings is 2. The maximum absolute atomic E-state index is 13.2. The Morgan fingerprint density at radius 1 is 1.12 bits per heavy atom. The highest BCUT2D eigenvalue weighted by molar-refractivity contribution is 14.1. The number of nitrogens with two attached hydrogens (primary N) is 1. The normalized spacial score (nSPS) is 14.1. The molecule has 0 fully saturated rings. The smallest absolute Gasteiger partial charge is 0.220 e. The molecule has 2 atom stereocenters. The van der Waals surface area contributed by atoms with Gasteiger partial charge in [-0.25, -0.2) is 8.42 Å². The maximum Gasteiger partial charge on any atom is 0.220 e. The molecular formula is C18H20INO3S. The molecule has 0 aliphatic rings. The average molecular weight is 457 g/mol. The summed E-state index contributed by atoms with van der Waals surface area (Å²) in [7, 11) is -3.63. The number of hydrogen-bond acceptors (Lipinski definition) is 3. The highest BCUT2D eigenvalue weighted by Gasteiger charge is 2.33. The van der Waals surface area contributed by atoms with Gasteiger partial charge in [0.15, 0.2) is 9.84 Å². The molecule has 6 heteroatoms. The molecule has 2 unspecified atom stereocenters. The van der Waals surface area contributed by atoms with Crippen molar-refractivity contribution >= 4 is 38.3 Å². The molecule has 2 rings (SSSR count). The predicted octanol–water partition coefficient (Wildman–Crippen LogP) is 3.63. The molecule has 0 aliphatic heterocycles. The standard InChI is InChI=1S/C18H20INO3S/c1-12-7-9-14(10-8-12)24(22,23)17(11-13(2)18(20)21)15-5-3-4-6-16(15)19/h3-10,13,17H,11H2,1-2H3,(H2,20,21).